The summed E-state index contributed by atoms with van der Waals surface area (Å²) in [5.74, 6) is 0.617. The molecule has 1 aromatic carbocycles. The van der Waals surface area contributed by atoms with Crippen molar-refractivity contribution in [2.75, 3.05) is 5.75 Å². The molecule has 92 valence electrons. The number of fused-ring (bicyclic) bond motifs is 1. The summed E-state index contributed by atoms with van der Waals surface area (Å²) in [5.41, 5.74) is 0.694. The Labute approximate surface area is 108 Å². The van der Waals surface area contributed by atoms with Gasteiger partial charge in [0, 0.05) is 0 Å². The largest absolute Gasteiger partial charge is 0.224 e. The molecule has 17 heavy (non-hydrogen) atoms. The van der Waals surface area contributed by atoms with Gasteiger partial charge in [0.05, 0.1) is 15.1 Å². The molecule has 0 spiro atoms. The van der Waals surface area contributed by atoms with Gasteiger partial charge in [0.25, 0.3) is 0 Å². The third kappa shape index (κ3) is 1.93. The lowest BCUT2D eigenvalue weighted by Gasteiger charge is -2.25. The zero-order valence-corrected chi connectivity index (χ0v) is 11.5. The van der Waals surface area contributed by atoms with Crippen molar-refractivity contribution in [2.24, 2.45) is 5.92 Å². The highest BCUT2D eigenvalue weighted by atomic mass is 79.9. The van der Waals surface area contributed by atoms with E-state index in [2.05, 4.69) is 15.9 Å². The van der Waals surface area contributed by atoms with Gasteiger partial charge in [0.15, 0.2) is 9.84 Å². The second kappa shape index (κ2) is 3.79. The van der Waals surface area contributed by atoms with E-state index in [-0.39, 0.29) is 22.0 Å². The molecule has 0 bridgehead atoms. The van der Waals surface area contributed by atoms with Gasteiger partial charge in [-0.25, -0.2) is 12.8 Å². The van der Waals surface area contributed by atoms with Crippen molar-refractivity contribution in [3.05, 3.63) is 28.0 Å². The quantitative estimate of drug-likeness (QED) is 0.745. The van der Waals surface area contributed by atoms with Crippen LogP contribution in [0.1, 0.15) is 30.7 Å². The van der Waals surface area contributed by atoms with Gasteiger partial charge in [0.1, 0.15) is 5.82 Å². The summed E-state index contributed by atoms with van der Waals surface area (Å²) in [6.45, 7) is 0. The zero-order valence-electron chi connectivity index (χ0n) is 9.12. The molecule has 5 heteroatoms. The monoisotopic (exact) mass is 318 g/mol. The van der Waals surface area contributed by atoms with E-state index < -0.39 is 9.84 Å². The van der Waals surface area contributed by atoms with Crippen molar-refractivity contribution in [1.29, 1.82) is 0 Å². The van der Waals surface area contributed by atoms with Crippen LogP contribution in [0.2, 0.25) is 0 Å². The van der Waals surface area contributed by atoms with E-state index in [0.717, 1.165) is 12.8 Å². The summed E-state index contributed by atoms with van der Waals surface area (Å²) in [5, 5.41) is 0. The Morgan fingerprint density at radius 3 is 2.59 bits per heavy atom. The first kappa shape index (κ1) is 11.7. The highest BCUT2D eigenvalue weighted by Crippen LogP contribution is 2.49. The minimum atomic E-state index is -3.22. The van der Waals surface area contributed by atoms with Crippen molar-refractivity contribution in [3.8, 4) is 0 Å². The van der Waals surface area contributed by atoms with E-state index in [4.69, 9.17) is 0 Å². The van der Waals surface area contributed by atoms with E-state index in [0.29, 0.717) is 22.8 Å². The topological polar surface area (TPSA) is 34.1 Å². The predicted octanol–water partition coefficient (Wildman–Crippen LogP) is 3.26. The molecular formula is C12H12BrFO2S. The molecule has 3 rings (SSSR count). The summed E-state index contributed by atoms with van der Waals surface area (Å²) >= 11 is 3.06. The van der Waals surface area contributed by atoms with Crippen molar-refractivity contribution in [1.82, 2.24) is 0 Å². The minimum Gasteiger partial charge on any atom is -0.224 e. The summed E-state index contributed by atoms with van der Waals surface area (Å²) in [6, 6.07) is 2.83. The van der Waals surface area contributed by atoms with Crippen molar-refractivity contribution in [3.63, 3.8) is 0 Å². The van der Waals surface area contributed by atoms with Crippen molar-refractivity contribution < 1.29 is 12.8 Å². The van der Waals surface area contributed by atoms with Gasteiger partial charge >= 0.3 is 0 Å². The number of benzene rings is 1. The Kier molecular flexibility index (Phi) is 2.60. The van der Waals surface area contributed by atoms with Gasteiger partial charge in [-0.2, -0.15) is 0 Å². The summed E-state index contributed by atoms with van der Waals surface area (Å²) in [7, 11) is -3.22. The maximum absolute atomic E-state index is 13.6. The van der Waals surface area contributed by atoms with E-state index in [1.54, 1.807) is 0 Å². The number of hydrogen-bond acceptors (Lipinski definition) is 2. The average molecular weight is 319 g/mol. The van der Waals surface area contributed by atoms with Crippen LogP contribution in [-0.4, -0.2) is 14.2 Å². The van der Waals surface area contributed by atoms with Gasteiger partial charge in [0.2, 0.25) is 0 Å². The molecule has 2 nitrogen and oxygen atoms in total. The Hall–Kier alpha value is -0.420. The van der Waals surface area contributed by atoms with Crippen LogP contribution < -0.4 is 0 Å². The summed E-state index contributed by atoms with van der Waals surface area (Å²) < 4.78 is 37.8. The van der Waals surface area contributed by atoms with Gasteiger partial charge in [-0.15, -0.1) is 0 Å². The molecular weight excluding hydrogens is 307 g/mol. The summed E-state index contributed by atoms with van der Waals surface area (Å²) in [4.78, 5) is 0.328. The average Bonchev–Trinajstić information content (AvgIpc) is 3.05. The number of sulfone groups is 1. The lowest BCUT2D eigenvalue weighted by Crippen LogP contribution is -2.21. The second-order valence-corrected chi connectivity index (χ2v) is 7.79. The lowest BCUT2D eigenvalue weighted by molar-refractivity contribution is 0.527. The van der Waals surface area contributed by atoms with Gasteiger partial charge in [-0.05, 0) is 64.7 Å². The third-order valence-electron chi connectivity index (χ3n) is 3.68. The normalized spacial score (nSPS) is 26.6. The van der Waals surface area contributed by atoms with Crippen molar-refractivity contribution in [2.45, 2.75) is 30.1 Å². The van der Waals surface area contributed by atoms with Crippen LogP contribution in [0.5, 0.6) is 0 Å². The van der Waals surface area contributed by atoms with Crippen LogP contribution in [0.25, 0.3) is 0 Å². The SMILES string of the molecule is O=S1(=O)CCC(C2CC2)c2cc(F)c(Br)cc21. The smallest absolute Gasteiger partial charge is 0.178 e. The van der Waals surface area contributed by atoms with E-state index >= 15 is 0 Å². The fourth-order valence-corrected chi connectivity index (χ4v) is 4.78. The first-order valence-corrected chi connectivity index (χ1v) is 8.15. The van der Waals surface area contributed by atoms with Crippen LogP contribution in [0, 0.1) is 11.7 Å². The number of hydrogen-bond donors (Lipinski definition) is 0. The highest BCUT2D eigenvalue weighted by molar-refractivity contribution is 9.10. The predicted molar refractivity (Wildman–Crippen MR) is 66.2 cm³/mol. The molecule has 1 unspecified atom stereocenters. The van der Waals surface area contributed by atoms with Crippen LogP contribution in [-0.2, 0) is 9.84 Å². The molecule has 0 radical (unpaired) electrons. The molecule has 1 aromatic rings. The highest BCUT2D eigenvalue weighted by Gasteiger charge is 2.39. The fourth-order valence-electron chi connectivity index (χ4n) is 2.64. The van der Waals surface area contributed by atoms with Crippen molar-refractivity contribution >= 4 is 25.8 Å². The maximum atomic E-state index is 13.6. The summed E-state index contributed by atoms with van der Waals surface area (Å²) in [6.07, 6.45) is 2.92. The molecule has 1 saturated carbocycles. The molecule has 1 aliphatic carbocycles. The molecule has 2 aliphatic rings. The standard InChI is InChI=1S/C12H12BrFO2S/c13-10-6-12-9(5-11(10)14)8(7-1-2-7)3-4-17(12,15)16/h5-8H,1-4H2. The Balaban J connectivity index is 2.20. The van der Waals surface area contributed by atoms with E-state index in [1.165, 1.54) is 12.1 Å². The van der Waals surface area contributed by atoms with E-state index in [1.807, 2.05) is 0 Å². The Bertz CT molecular complexity index is 578. The molecule has 1 fully saturated rings. The molecule has 0 N–H and O–H groups in total. The first-order chi connectivity index (χ1) is 7.99. The molecule has 0 amide bonds. The van der Waals surface area contributed by atoms with Crippen LogP contribution >= 0.6 is 15.9 Å². The zero-order chi connectivity index (χ0) is 12.2. The third-order valence-corrected chi connectivity index (χ3v) is 6.08. The van der Waals surface area contributed by atoms with E-state index in [9.17, 15) is 12.8 Å². The van der Waals surface area contributed by atoms with Crippen LogP contribution in [0.15, 0.2) is 21.5 Å². The molecule has 0 saturated heterocycles. The molecule has 1 aliphatic heterocycles. The van der Waals surface area contributed by atoms with Crippen LogP contribution in [0.3, 0.4) is 0 Å². The molecule has 0 aromatic heterocycles. The van der Waals surface area contributed by atoms with Crippen LogP contribution in [0.4, 0.5) is 4.39 Å². The first-order valence-electron chi connectivity index (χ1n) is 5.71. The minimum absolute atomic E-state index is 0.194. The molecule has 1 atom stereocenters. The van der Waals surface area contributed by atoms with Gasteiger partial charge in [-0.3, -0.25) is 0 Å². The second-order valence-electron chi connectivity index (χ2n) is 4.86. The van der Waals surface area contributed by atoms with Gasteiger partial charge < -0.3 is 0 Å². The lowest BCUT2D eigenvalue weighted by atomic mass is 9.91. The van der Waals surface area contributed by atoms with Gasteiger partial charge in [-0.1, -0.05) is 0 Å². The number of halogens is 2. The fraction of sp³-hybridized carbons (Fsp3) is 0.500. The maximum Gasteiger partial charge on any atom is 0.178 e. The Morgan fingerprint density at radius 2 is 1.94 bits per heavy atom. The molecule has 1 heterocycles. The number of rotatable bonds is 1. The Morgan fingerprint density at radius 1 is 1.24 bits per heavy atom.